The van der Waals surface area contributed by atoms with E-state index in [1.165, 1.54) is 0 Å². The van der Waals surface area contributed by atoms with Crippen LogP contribution in [-0.2, 0) is 11.2 Å². The minimum Gasteiger partial charge on any atom is -0.353 e. The quantitative estimate of drug-likeness (QED) is 0.647. The number of halogens is 1. The highest BCUT2D eigenvalue weighted by atomic mass is 35.5. The first-order valence-electron chi connectivity index (χ1n) is 9.70. The van der Waals surface area contributed by atoms with Crippen LogP contribution in [-0.4, -0.2) is 56.5 Å². The molecule has 0 N–H and O–H groups in total. The van der Waals surface area contributed by atoms with Crippen LogP contribution in [0, 0.1) is 6.92 Å². The average molecular weight is 411 g/mol. The van der Waals surface area contributed by atoms with Crippen molar-refractivity contribution in [3.05, 3.63) is 65.5 Å². The molecule has 150 valence electrons. The van der Waals surface area contributed by atoms with E-state index in [1.54, 1.807) is 12.5 Å². The molecule has 1 amide bonds. The smallest absolute Gasteiger partial charge is 0.223 e. The molecule has 1 fully saturated rings. The number of carbonyl (C=O) groups is 1. The molecule has 1 aromatic carbocycles. The third-order valence-electron chi connectivity index (χ3n) is 5.05. The van der Waals surface area contributed by atoms with Crippen molar-refractivity contribution in [3.8, 4) is 5.82 Å². The molecule has 0 saturated carbocycles. The summed E-state index contributed by atoms with van der Waals surface area (Å²) >= 11 is 6.02. The topological polar surface area (TPSA) is 67.2 Å². The summed E-state index contributed by atoms with van der Waals surface area (Å²) in [6, 6.07) is 9.65. The molecular weight excluding hydrogens is 388 g/mol. The van der Waals surface area contributed by atoms with Gasteiger partial charge in [-0.1, -0.05) is 23.7 Å². The summed E-state index contributed by atoms with van der Waals surface area (Å²) in [4.78, 5) is 29.9. The lowest BCUT2D eigenvalue weighted by Crippen LogP contribution is -2.49. The van der Waals surface area contributed by atoms with Gasteiger partial charge in [-0.2, -0.15) is 0 Å². The lowest BCUT2D eigenvalue weighted by molar-refractivity contribution is -0.131. The Morgan fingerprint density at radius 1 is 1.10 bits per heavy atom. The van der Waals surface area contributed by atoms with Crippen LogP contribution in [0.15, 0.2) is 49.1 Å². The molecule has 4 rings (SSSR count). The van der Waals surface area contributed by atoms with Gasteiger partial charge in [0.1, 0.15) is 23.8 Å². The highest BCUT2D eigenvalue weighted by molar-refractivity contribution is 6.30. The first-order valence-corrected chi connectivity index (χ1v) is 10.1. The molecule has 3 heterocycles. The maximum absolute atomic E-state index is 12.6. The Balaban J connectivity index is 1.35. The fraction of sp³-hybridized carbons (Fsp3) is 0.333. The molecule has 0 atom stereocenters. The summed E-state index contributed by atoms with van der Waals surface area (Å²) in [5, 5.41) is 0.707. The standard InChI is InChI=1S/C21H23ClN6O/c1-16-24-19(14-20(25-16)28-8-7-23-15-28)26-9-11-27(12-10-26)21(29)6-5-17-3-2-4-18(22)13-17/h2-4,7-8,13-15H,5-6,9-12H2,1H3. The van der Waals surface area contributed by atoms with Crippen LogP contribution in [0.5, 0.6) is 0 Å². The molecule has 1 aliphatic heterocycles. The van der Waals surface area contributed by atoms with E-state index < -0.39 is 0 Å². The molecule has 7 nitrogen and oxygen atoms in total. The molecular formula is C21H23ClN6O. The second-order valence-electron chi connectivity index (χ2n) is 7.10. The molecule has 3 aromatic rings. The summed E-state index contributed by atoms with van der Waals surface area (Å²) in [6.07, 6.45) is 6.52. The normalized spacial score (nSPS) is 14.3. The van der Waals surface area contributed by atoms with Crippen LogP contribution >= 0.6 is 11.6 Å². The molecule has 0 spiro atoms. The van der Waals surface area contributed by atoms with Crippen molar-refractivity contribution >= 4 is 23.3 Å². The zero-order chi connectivity index (χ0) is 20.2. The van der Waals surface area contributed by atoms with E-state index in [4.69, 9.17) is 11.6 Å². The number of nitrogens with zero attached hydrogens (tertiary/aromatic N) is 6. The van der Waals surface area contributed by atoms with Gasteiger partial charge in [-0.05, 0) is 31.0 Å². The summed E-state index contributed by atoms with van der Waals surface area (Å²) in [6.45, 7) is 4.78. The summed E-state index contributed by atoms with van der Waals surface area (Å²) < 4.78 is 1.87. The van der Waals surface area contributed by atoms with E-state index in [0.717, 1.165) is 30.3 Å². The predicted octanol–water partition coefficient (Wildman–Crippen LogP) is 2.91. The lowest BCUT2D eigenvalue weighted by atomic mass is 10.1. The second-order valence-corrected chi connectivity index (χ2v) is 7.54. The van der Waals surface area contributed by atoms with Gasteiger partial charge in [0.15, 0.2) is 0 Å². The molecule has 1 aliphatic rings. The van der Waals surface area contributed by atoms with Crippen LogP contribution in [0.3, 0.4) is 0 Å². The zero-order valence-electron chi connectivity index (χ0n) is 16.3. The number of rotatable bonds is 5. The predicted molar refractivity (Wildman–Crippen MR) is 112 cm³/mol. The Morgan fingerprint density at radius 2 is 1.90 bits per heavy atom. The summed E-state index contributed by atoms with van der Waals surface area (Å²) in [7, 11) is 0. The number of hydrogen-bond donors (Lipinski definition) is 0. The molecule has 8 heteroatoms. The van der Waals surface area contributed by atoms with Crippen molar-refractivity contribution in [1.82, 2.24) is 24.4 Å². The van der Waals surface area contributed by atoms with Crippen molar-refractivity contribution in [3.63, 3.8) is 0 Å². The van der Waals surface area contributed by atoms with Crippen LogP contribution in [0.2, 0.25) is 5.02 Å². The summed E-state index contributed by atoms with van der Waals surface area (Å²) in [5.41, 5.74) is 1.09. The van der Waals surface area contributed by atoms with Gasteiger partial charge in [0.2, 0.25) is 5.91 Å². The van der Waals surface area contributed by atoms with E-state index in [9.17, 15) is 4.79 Å². The van der Waals surface area contributed by atoms with Gasteiger partial charge < -0.3 is 9.80 Å². The number of piperazine rings is 1. The van der Waals surface area contributed by atoms with Gasteiger partial charge in [-0.25, -0.2) is 15.0 Å². The Labute approximate surface area is 175 Å². The first kappa shape index (κ1) is 19.4. The van der Waals surface area contributed by atoms with E-state index >= 15 is 0 Å². The first-order chi connectivity index (χ1) is 14.1. The van der Waals surface area contributed by atoms with Crippen LogP contribution in [0.25, 0.3) is 5.82 Å². The Bertz CT molecular complexity index is 983. The summed E-state index contributed by atoms with van der Waals surface area (Å²) in [5.74, 6) is 2.58. The highest BCUT2D eigenvalue weighted by Gasteiger charge is 2.22. The molecule has 29 heavy (non-hydrogen) atoms. The third kappa shape index (κ3) is 4.74. The SMILES string of the molecule is Cc1nc(N2CCN(C(=O)CCc3cccc(Cl)c3)CC2)cc(-n2ccnc2)n1. The number of imidazole rings is 1. The van der Waals surface area contributed by atoms with Crippen LogP contribution < -0.4 is 4.90 Å². The number of anilines is 1. The number of amides is 1. The van der Waals surface area contributed by atoms with Crippen molar-refractivity contribution in [2.75, 3.05) is 31.1 Å². The number of hydrogen-bond acceptors (Lipinski definition) is 5. The number of aromatic nitrogens is 4. The number of carbonyl (C=O) groups excluding carboxylic acids is 1. The Hall–Kier alpha value is -2.93. The van der Waals surface area contributed by atoms with Crippen LogP contribution in [0.1, 0.15) is 17.8 Å². The molecule has 1 saturated heterocycles. The maximum Gasteiger partial charge on any atom is 0.223 e. The average Bonchev–Trinajstić information content (AvgIpc) is 3.27. The molecule has 0 aliphatic carbocycles. The number of aryl methyl sites for hydroxylation is 2. The highest BCUT2D eigenvalue weighted by Crippen LogP contribution is 2.18. The van der Waals surface area contributed by atoms with E-state index in [-0.39, 0.29) is 5.91 Å². The van der Waals surface area contributed by atoms with Crippen molar-refractivity contribution in [2.45, 2.75) is 19.8 Å². The third-order valence-corrected chi connectivity index (χ3v) is 5.29. The van der Waals surface area contributed by atoms with Gasteiger partial charge in [0.05, 0.1) is 0 Å². The molecule has 2 aromatic heterocycles. The van der Waals surface area contributed by atoms with Crippen LogP contribution in [0.4, 0.5) is 5.82 Å². The zero-order valence-corrected chi connectivity index (χ0v) is 17.1. The van der Waals surface area contributed by atoms with Crippen molar-refractivity contribution in [1.29, 1.82) is 0 Å². The minimum atomic E-state index is 0.183. The maximum atomic E-state index is 12.6. The molecule has 0 unspecified atom stereocenters. The Morgan fingerprint density at radius 3 is 2.62 bits per heavy atom. The fourth-order valence-electron chi connectivity index (χ4n) is 3.51. The van der Waals surface area contributed by atoms with E-state index in [2.05, 4.69) is 19.9 Å². The second kappa shape index (κ2) is 8.61. The monoisotopic (exact) mass is 410 g/mol. The van der Waals surface area contributed by atoms with Crippen molar-refractivity contribution < 1.29 is 4.79 Å². The van der Waals surface area contributed by atoms with Gasteiger partial charge in [0, 0.05) is 56.1 Å². The van der Waals surface area contributed by atoms with Gasteiger partial charge in [0.25, 0.3) is 0 Å². The minimum absolute atomic E-state index is 0.183. The Kier molecular flexibility index (Phi) is 5.76. The number of benzene rings is 1. The molecule has 0 bridgehead atoms. The van der Waals surface area contributed by atoms with E-state index in [1.807, 2.05) is 52.9 Å². The van der Waals surface area contributed by atoms with Crippen molar-refractivity contribution in [2.24, 2.45) is 0 Å². The van der Waals surface area contributed by atoms with Gasteiger partial charge in [-0.3, -0.25) is 9.36 Å². The molecule has 0 radical (unpaired) electrons. The largest absolute Gasteiger partial charge is 0.353 e. The lowest BCUT2D eigenvalue weighted by Gasteiger charge is -2.35. The van der Waals surface area contributed by atoms with E-state index in [0.29, 0.717) is 36.8 Å². The fourth-order valence-corrected chi connectivity index (χ4v) is 3.73. The van der Waals surface area contributed by atoms with Gasteiger partial charge >= 0.3 is 0 Å². The van der Waals surface area contributed by atoms with Gasteiger partial charge in [-0.15, -0.1) is 0 Å².